The van der Waals surface area contributed by atoms with Crippen molar-refractivity contribution in [2.75, 3.05) is 25.1 Å². The molecule has 0 atom stereocenters. The molecular formula is C19H23ClN2O5S. The molecule has 2 aromatic carbocycles. The molecule has 0 aliphatic carbocycles. The van der Waals surface area contributed by atoms with Crippen LogP contribution in [0.3, 0.4) is 0 Å². The Balaban J connectivity index is 2.00. The minimum absolute atomic E-state index is 0.0355. The van der Waals surface area contributed by atoms with Crippen LogP contribution in [0.2, 0.25) is 5.02 Å². The third-order valence-corrected chi connectivity index (χ3v) is 5.33. The maximum Gasteiger partial charge on any atom is 0.262 e. The van der Waals surface area contributed by atoms with Gasteiger partial charge in [-0.1, -0.05) is 30.7 Å². The van der Waals surface area contributed by atoms with Crippen molar-refractivity contribution in [2.45, 2.75) is 25.2 Å². The summed E-state index contributed by atoms with van der Waals surface area (Å²) in [5.74, 6) is 0.374. The summed E-state index contributed by atoms with van der Waals surface area (Å²) in [6, 6.07) is 11.1. The molecule has 2 rings (SSSR count). The van der Waals surface area contributed by atoms with Crippen LogP contribution in [-0.2, 0) is 14.8 Å². The second kappa shape index (κ2) is 10.3. The second-order valence-electron chi connectivity index (χ2n) is 5.76. The fraction of sp³-hybridized carbons (Fsp3) is 0.316. The largest absolute Gasteiger partial charge is 0.492 e. The third kappa shape index (κ3) is 6.12. The fourth-order valence-corrected chi connectivity index (χ4v) is 3.73. The number of anilines is 1. The zero-order valence-corrected chi connectivity index (χ0v) is 17.3. The van der Waals surface area contributed by atoms with E-state index in [2.05, 4.69) is 10.0 Å². The normalized spacial score (nSPS) is 11.1. The van der Waals surface area contributed by atoms with Gasteiger partial charge < -0.3 is 14.8 Å². The fourth-order valence-electron chi connectivity index (χ4n) is 2.27. The van der Waals surface area contributed by atoms with Crippen molar-refractivity contribution in [1.29, 1.82) is 0 Å². The van der Waals surface area contributed by atoms with Crippen LogP contribution in [0.15, 0.2) is 47.4 Å². The van der Waals surface area contributed by atoms with Crippen molar-refractivity contribution in [3.8, 4) is 11.5 Å². The number of halogens is 1. The minimum atomic E-state index is -3.63. The number of para-hydroxylation sites is 2. The van der Waals surface area contributed by atoms with Crippen LogP contribution < -0.4 is 19.5 Å². The van der Waals surface area contributed by atoms with Crippen molar-refractivity contribution in [2.24, 2.45) is 0 Å². The van der Waals surface area contributed by atoms with Crippen LogP contribution in [0, 0.1) is 0 Å². The van der Waals surface area contributed by atoms with Crippen LogP contribution >= 0.6 is 11.6 Å². The van der Waals surface area contributed by atoms with E-state index in [1.165, 1.54) is 18.2 Å². The standard InChI is InChI=1S/C19H23ClN2O5S/c1-3-11-21-28(24,25)14-9-10-17(15(20)12-14)27-13-19(23)22-16-7-5-6-8-18(16)26-4-2/h5-10,12,21H,3-4,11,13H2,1-2H3,(H,22,23). The van der Waals surface area contributed by atoms with E-state index >= 15 is 0 Å². The number of rotatable bonds is 10. The molecule has 1 amide bonds. The second-order valence-corrected chi connectivity index (χ2v) is 7.93. The number of benzene rings is 2. The Morgan fingerprint density at radius 2 is 1.82 bits per heavy atom. The Bertz CT molecular complexity index is 918. The van der Waals surface area contributed by atoms with Gasteiger partial charge in [0.2, 0.25) is 10.0 Å². The van der Waals surface area contributed by atoms with Crippen LogP contribution in [-0.4, -0.2) is 34.1 Å². The van der Waals surface area contributed by atoms with Crippen LogP contribution in [0.4, 0.5) is 5.69 Å². The molecule has 9 heteroatoms. The highest BCUT2D eigenvalue weighted by Crippen LogP contribution is 2.28. The first kappa shape index (κ1) is 22.0. The molecule has 0 aliphatic rings. The van der Waals surface area contributed by atoms with Gasteiger partial charge in [-0.3, -0.25) is 4.79 Å². The number of sulfonamides is 1. The van der Waals surface area contributed by atoms with Gasteiger partial charge in [0.25, 0.3) is 5.91 Å². The number of nitrogens with one attached hydrogen (secondary N) is 2. The number of hydrogen-bond acceptors (Lipinski definition) is 5. The summed E-state index contributed by atoms with van der Waals surface area (Å²) in [5, 5.41) is 2.80. The molecule has 2 aromatic rings. The van der Waals surface area contributed by atoms with Crippen molar-refractivity contribution >= 4 is 33.2 Å². The van der Waals surface area contributed by atoms with E-state index < -0.39 is 15.9 Å². The van der Waals surface area contributed by atoms with E-state index in [0.29, 0.717) is 31.0 Å². The van der Waals surface area contributed by atoms with Gasteiger partial charge in [-0.25, -0.2) is 13.1 Å². The first-order chi connectivity index (χ1) is 13.4. The van der Waals surface area contributed by atoms with Gasteiger partial charge in [0.05, 0.1) is 22.2 Å². The van der Waals surface area contributed by atoms with Gasteiger partial charge in [0.1, 0.15) is 11.5 Å². The van der Waals surface area contributed by atoms with Crippen LogP contribution in [0.1, 0.15) is 20.3 Å². The molecule has 0 heterocycles. The number of ether oxygens (including phenoxy) is 2. The molecule has 0 aromatic heterocycles. The Morgan fingerprint density at radius 3 is 2.50 bits per heavy atom. The molecule has 0 spiro atoms. The quantitative estimate of drug-likeness (QED) is 0.607. The lowest BCUT2D eigenvalue weighted by atomic mass is 10.3. The number of carbonyl (C=O) groups excluding carboxylic acids is 1. The molecule has 0 bridgehead atoms. The monoisotopic (exact) mass is 426 g/mol. The molecule has 0 unspecified atom stereocenters. The van der Waals surface area contributed by atoms with E-state index in [4.69, 9.17) is 21.1 Å². The van der Waals surface area contributed by atoms with Crippen molar-refractivity contribution < 1.29 is 22.7 Å². The van der Waals surface area contributed by atoms with Crippen LogP contribution in [0.5, 0.6) is 11.5 Å². The van der Waals surface area contributed by atoms with Crippen molar-refractivity contribution in [3.63, 3.8) is 0 Å². The lowest BCUT2D eigenvalue weighted by Gasteiger charge is -2.13. The molecule has 0 aliphatic heterocycles. The van der Waals surface area contributed by atoms with Gasteiger partial charge in [0, 0.05) is 6.54 Å². The summed E-state index contributed by atoms with van der Waals surface area (Å²) in [6.07, 6.45) is 0.676. The molecule has 0 fully saturated rings. The number of carbonyl (C=O) groups is 1. The summed E-state index contributed by atoms with van der Waals surface area (Å²) < 4.78 is 37.6. The zero-order chi connectivity index (χ0) is 20.6. The Kier molecular flexibility index (Phi) is 8.10. The Hall–Kier alpha value is -2.29. The predicted molar refractivity (Wildman–Crippen MR) is 109 cm³/mol. The maximum atomic E-state index is 12.2. The molecular weight excluding hydrogens is 404 g/mol. The predicted octanol–water partition coefficient (Wildman–Crippen LogP) is 3.44. The summed E-state index contributed by atoms with van der Waals surface area (Å²) in [6.45, 7) is 4.24. The molecule has 0 saturated carbocycles. The average Bonchev–Trinajstić information content (AvgIpc) is 2.67. The third-order valence-electron chi connectivity index (χ3n) is 3.58. The molecule has 0 radical (unpaired) electrons. The van der Waals surface area contributed by atoms with Gasteiger partial charge in [-0.2, -0.15) is 0 Å². The summed E-state index contributed by atoms with van der Waals surface area (Å²) in [4.78, 5) is 12.2. The lowest BCUT2D eigenvalue weighted by molar-refractivity contribution is -0.118. The van der Waals surface area contributed by atoms with Crippen molar-refractivity contribution in [1.82, 2.24) is 4.72 Å². The molecule has 7 nitrogen and oxygen atoms in total. The first-order valence-corrected chi connectivity index (χ1v) is 10.7. The molecule has 2 N–H and O–H groups in total. The Labute approximate surface area is 170 Å². The number of amides is 1. The highest BCUT2D eigenvalue weighted by atomic mass is 35.5. The van der Waals surface area contributed by atoms with Gasteiger partial charge >= 0.3 is 0 Å². The van der Waals surface area contributed by atoms with Crippen molar-refractivity contribution in [3.05, 3.63) is 47.5 Å². The highest BCUT2D eigenvalue weighted by Gasteiger charge is 2.16. The lowest BCUT2D eigenvalue weighted by Crippen LogP contribution is -2.24. The van der Waals surface area contributed by atoms with E-state index in [1.807, 2.05) is 19.9 Å². The molecule has 152 valence electrons. The van der Waals surface area contributed by atoms with Gasteiger partial charge in [-0.05, 0) is 43.7 Å². The minimum Gasteiger partial charge on any atom is -0.492 e. The summed E-state index contributed by atoms with van der Waals surface area (Å²) in [5.41, 5.74) is 0.535. The molecule has 28 heavy (non-hydrogen) atoms. The van der Waals surface area contributed by atoms with E-state index in [1.54, 1.807) is 18.2 Å². The topological polar surface area (TPSA) is 93.7 Å². The van der Waals surface area contributed by atoms with E-state index in [9.17, 15) is 13.2 Å². The zero-order valence-electron chi connectivity index (χ0n) is 15.7. The average molecular weight is 427 g/mol. The summed E-state index contributed by atoms with van der Waals surface area (Å²) in [7, 11) is -3.63. The smallest absolute Gasteiger partial charge is 0.262 e. The van der Waals surface area contributed by atoms with Gasteiger partial charge in [-0.15, -0.1) is 0 Å². The van der Waals surface area contributed by atoms with E-state index in [-0.39, 0.29) is 22.3 Å². The van der Waals surface area contributed by atoms with E-state index in [0.717, 1.165) is 0 Å². The summed E-state index contributed by atoms with van der Waals surface area (Å²) >= 11 is 6.11. The Morgan fingerprint density at radius 1 is 1.07 bits per heavy atom. The number of hydrogen-bond donors (Lipinski definition) is 2. The SMILES string of the molecule is CCCNS(=O)(=O)c1ccc(OCC(=O)Nc2ccccc2OCC)c(Cl)c1. The highest BCUT2D eigenvalue weighted by molar-refractivity contribution is 7.89. The van der Waals surface area contributed by atoms with Gasteiger partial charge in [0.15, 0.2) is 6.61 Å². The first-order valence-electron chi connectivity index (χ1n) is 8.81. The van der Waals surface area contributed by atoms with Crippen LogP contribution in [0.25, 0.3) is 0 Å². The molecule has 0 saturated heterocycles. The maximum absolute atomic E-state index is 12.2.